The molecule has 0 fully saturated rings. The third-order valence-corrected chi connectivity index (χ3v) is 4.26. The molecular formula is C21H25N5. The molecule has 0 aliphatic heterocycles. The average molecular weight is 347 g/mol. The molecule has 0 bridgehead atoms. The third-order valence-electron chi connectivity index (χ3n) is 4.26. The van der Waals surface area contributed by atoms with Crippen LogP contribution in [0, 0.1) is 0 Å². The van der Waals surface area contributed by atoms with Crippen molar-refractivity contribution in [2.75, 3.05) is 10.2 Å². The minimum atomic E-state index is 0.260. The number of aromatic nitrogens is 3. The van der Waals surface area contributed by atoms with Crippen molar-refractivity contribution < 1.29 is 0 Å². The highest BCUT2D eigenvalue weighted by Gasteiger charge is 2.15. The van der Waals surface area contributed by atoms with Gasteiger partial charge in [0, 0.05) is 18.3 Å². The normalized spacial score (nSPS) is 10.8. The predicted molar refractivity (Wildman–Crippen MR) is 107 cm³/mol. The van der Waals surface area contributed by atoms with Crippen LogP contribution in [0.3, 0.4) is 0 Å². The van der Waals surface area contributed by atoms with Crippen LogP contribution in [0.15, 0.2) is 60.8 Å². The second-order valence-corrected chi connectivity index (χ2v) is 6.52. The minimum absolute atomic E-state index is 0.260. The summed E-state index contributed by atoms with van der Waals surface area (Å²) in [7, 11) is 0. The first-order valence-corrected chi connectivity index (χ1v) is 9.02. The molecule has 0 atom stereocenters. The second-order valence-electron chi connectivity index (χ2n) is 6.52. The van der Waals surface area contributed by atoms with E-state index in [4.69, 9.17) is 0 Å². The molecule has 1 heterocycles. The van der Waals surface area contributed by atoms with Gasteiger partial charge >= 0.3 is 0 Å². The van der Waals surface area contributed by atoms with Gasteiger partial charge in [-0.1, -0.05) is 49.4 Å². The Morgan fingerprint density at radius 3 is 2.35 bits per heavy atom. The highest BCUT2D eigenvalue weighted by molar-refractivity contribution is 5.56. The third kappa shape index (κ3) is 4.57. The molecule has 0 spiro atoms. The van der Waals surface area contributed by atoms with E-state index in [9.17, 15) is 0 Å². The monoisotopic (exact) mass is 347 g/mol. The fraction of sp³-hybridized carbons (Fsp3) is 0.286. The van der Waals surface area contributed by atoms with Gasteiger partial charge in [0.2, 0.25) is 5.95 Å². The fourth-order valence-corrected chi connectivity index (χ4v) is 2.71. The van der Waals surface area contributed by atoms with Gasteiger partial charge in [-0.3, -0.25) is 0 Å². The number of hydrogen-bond acceptors (Lipinski definition) is 5. The molecule has 3 aromatic rings. The van der Waals surface area contributed by atoms with Crippen LogP contribution in [-0.2, 0) is 13.0 Å². The van der Waals surface area contributed by atoms with Gasteiger partial charge in [-0.05, 0) is 43.5 Å². The van der Waals surface area contributed by atoms with Gasteiger partial charge in [0.1, 0.15) is 0 Å². The Bertz CT molecular complexity index is 815. The van der Waals surface area contributed by atoms with E-state index in [1.807, 2.05) is 18.2 Å². The summed E-state index contributed by atoms with van der Waals surface area (Å²) in [5, 5.41) is 11.7. The van der Waals surface area contributed by atoms with E-state index in [2.05, 4.69) is 82.6 Å². The molecule has 0 unspecified atom stereocenters. The van der Waals surface area contributed by atoms with Crippen molar-refractivity contribution in [1.82, 2.24) is 15.2 Å². The summed E-state index contributed by atoms with van der Waals surface area (Å²) in [6.07, 6.45) is 2.68. The smallest absolute Gasteiger partial charge is 0.247 e. The van der Waals surface area contributed by atoms with Gasteiger partial charge < -0.3 is 10.2 Å². The zero-order chi connectivity index (χ0) is 18.4. The summed E-state index contributed by atoms with van der Waals surface area (Å²) < 4.78 is 0. The lowest BCUT2D eigenvalue weighted by Gasteiger charge is -2.26. The number of benzene rings is 2. The summed E-state index contributed by atoms with van der Waals surface area (Å²) in [5.74, 6) is 1.32. The maximum atomic E-state index is 4.67. The summed E-state index contributed by atoms with van der Waals surface area (Å²) in [6.45, 7) is 7.16. The van der Waals surface area contributed by atoms with Gasteiger partial charge in [-0.2, -0.15) is 10.1 Å². The van der Waals surface area contributed by atoms with E-state index in [0.29, 0.717) is 11.8 Å². The van der Waals surface area contributed by atoms with E-state index < -0.39 is 0 Å². The number of nitrogens with one attached hydrogen (secondary N) is 1. The maximum absolute atomic E-state index is 4.67. The summed E-state index contributed by atoms with van der Waals surface area (Å²) in [6, 6.07) is 19.0. The Kier molecular flexibility index (Phi) is 5.79. The first-order chi connectivity index (χ1) is 12.7. The van der Waals surface area contributed by atoms with Crippen molar-refractivity contribution in [3.8, 4) is 0 Å². The molecule has 26 heavy (non-hydrogen) atoms. The average Bonchev–Trinajstić information content (AvgIpc) is 2.67. The van der Waals surface area contributed by atoms with Crippen LogP contribution < -0.4 is 10.2 Å². The Morgan fingerprint density at radius 1 is 0.962 bits per heavy atom. The number of rotatable bonds is 7. The first-order valence-electron chi connectivity index (χ1n) is 9.02. The van der Waals surface area contributed by atoms with Crippen molar-refractivity contribution >= 4 is 17.5 Å². The van der Waals surface area contributed by atoms with Gasteiger partial charge in [0.25, 0.3) is 0 Å². The van der Waals surface area contributed by atoms with Crippen molar-refractivity contribution in [3.05, 3.63) is 71.9 Å². The lowest BCUT2D eigenvalue weighted by atomic mass is 10.1. The van der Waals surface area contributed by atoms with Crippen molar-refractivity contribution in [2.24, 2.45) is 0 Å². The van der Waals surface area contributed by atoms with Gasteiger partial charge in [0.05, 0.1) is 6.20 Å². The molecule has 0 aliphatic rings. The van der Waals surface area contributed by atoms with Crippen LogP contribution in [0.1, 0.15) is 31.9 Å². The first kappa shape index (κ1) is 17.9. The SMILES string of the molecule is CCc1ccc(Nc2cnnc(N(Cc3ccccc3)C(C)C)n2)cc1. The fourth-order valence-electron chi connectivity index (χ4n) is 2.71. The zero-order valence-electron chi connectivity index (χ0n) is 15.6. The minimum Gasteiger partial charge on any atom is -0.339 e. The van der Waals surface area contributed by atoms with E-state index in [1.165, 1.54) is 11.1 Å². The van der Waals surface area contributed by atoms with Crippen LogP contribution in [-0.4, -0.2) is 21.2 Å². The molecule has 5 nitrogen and oxygen atoms in total. The lowest BCUT2D eigenvalue weighted by Crippen LogP contribution is -2.32. The molecule has 3 rings (SSSR count). The van der Waals surface area contributed by atoms with Crippen LogP contribution in [0.2, 0.25) is 0 Å². The van der Waals surface area contributed by atoms with Crippen molar-refractivity contribution in [2.45, 2.75) is 39.8 Å². The van der Waals surface area contributed by atoms with E-state index in [0.717, 1.165) is 18.7 Å². The molecule has 0 amide bonds. The quantitative estimate of drug-likeness (QED) is 0.677. The number of anilines is 3. The highest BCUT2D eigenvalue weighted by Crippen LogP contribution is 2.19. The van der Waals surface area contributed by atoms with E-state index >= 15 is 0 Å². The topological polar surface area (TPSA) is 53.9 Å². The standard InChI is InChI=1S/C21H25N5/c1-4-17-10-12-19(13-11-17)23-20-14-22-25-21(24-20)26(16(2)3)15-18-8-6-5-7-9-18/h5-14,16H,4,15H2,1-3H3,(H,23,24,25). The summed E-state index contributed by atoms with van der Waals surface area (Å²) in [5.41, 5.74) is 3.53. The molecule has 1 N–H and O–H groups in total. The molecule has 0 radical (unpaired) electrons. The molecule has 0 aliphatic carbocycles. The molecule has 134 valence electrons. The Hall–Kier alpha value is -2.95. The van der Waals surface area contributed by atoms with Gasteiger partial charge in [-0.25, -0.2) is 0 Å². The van der Waals surface area contributed by atoms with Crippen molar-refractivity contribution in [3.63, 3.8) is 0 Å². The van der Waals surface area contributed by atoms with Gasteiger partial charge in [0.15, 0.2) is 5.82 Å². The molecule has 5 heteroatoms. The number of aryl methyl sites for hydroxylation is 1. The van der Waals surface area contributed by atoms with Crippen molar-refractivity contribution in [1.29, 1.82) is 0 Å². The highest BCUT2D eigenvalue weighted by atomic mass is 15.3. The Morgan fingerprint density at radius 2 is 1.69 bits per heavy atom. The molecule has 0 saturated heterocycles. The summed E-state index contributed by atoms with van der Waals surface area (Å²) >= 11 is 0. The van der Waals surface area contributed by atoms with Gasteiger partial charge in [-0.15, -0.1) is 5.10 Å². The molecular weight excluding hydrogens is 322 g/mol. The maximum Gasteiger partial charge on any atom is 0.247 e. The van der Waals surface area contributed by atoms with E-state index in [-0.39, 0.29) is 6.04 Å². The Labute approximate surface area is 155 Å². The lowest BCUT2D eigenvalue weighted by molar-refractivity contribution is 0.653. The molecule has 2 aromatic carbocycles. The van der Waals surface area contributed by atoms with Crippen LogP contribution >= 0.6 is 0 Å². The molecule has 1 aromatic heterocycles. The van der Waals surface area contributed by atoms with E-state index in [1.54, 1.807) is 6.20 Å². The number of hydrogen-bond donors (Lipinski definition) is 1. The predicted octanol–water partition coefficient (Wildman–Crippen LogP) is 4.59. The van der Waals surface area contributed by atoms with Crippen LogP contribution in [0.5, 0.6) is 0 Å². The largest absolute Gasteiger partial charge is 0.339 e. The number of nitrogens with zero attached hydrogens (tertiary/aromatic N) is 4. The second kappa shape index (κ2) is 8.43. The van der Waals surface area contributed by atoms with Crippen LogP contribution in [0.25, 0.3) is 0 Å². The van der Waals surface area contributed by atoms with Crippen LogP contribution in [0.4, 0.5) is 17.5 Å². The Balaban J connectivity index is 1.79. The molecule has 0 saturated carbocycles. The zero-order valence-corrected chi connectivity index (χ0v) is 15.6. The summed E-state index contributed by atoms with van der Waals surface area (Å²) in [4.78, 5) is 6.82.